The Kier molecular flexibility index (Phi) is 3.74. The number of carbonyl (C=O) groups excluding carboxylic acids is 1. The lowest BCUT2D eigenvalue weighted by Crippen LogP contribution is -2.48. The third kappa shape index (κ3) is 3.03. The molecule has 17 heavy (non-hydrogen) atoms. The Labute approximate surface area is 102 Å². The minimum atomic E-state index is -0.271. The van der Waals surface area contributed by atoms with Crippen LogP contribution in [0.1, 0.15) is 25.5 Å². The van der Waals surface area contributed by atoms with Crippen LogP contribution in [0.4, 0.5) is 0 Å². The van der Waals surface area contributed by atoms with Gasteiger partial charge < -0.3 is 10.6 Å². The smallest absolute Gasteiger partial charge is 0.227 e. The zero-order chi connectivity index (χ0) is 12.1. The van der Waals surface area contributed by atoms with Gasteiger partial charge in [-0.15, -0.1) is 0 Å². The summed E-state index contributed by atoms with van der Waals surface area (Å²) in [6.07, 6.45) is 3.76. The van der Waals surface area contributed by atoms with Gasteiger partial charge in [0, 0.05) is 12.7 Å². The highest BCUT2D eigenvalue weighted by Gasteiger charge is 2.34. The predicted octanol–water partition coefficient (Wildman–Crippen LogP) is 1.09. The van der Waals surface area contributed by atoms with E-state index in [9.17, 15) is 4.79 Å². The van der Waals surface area contributed by atoms with Crippen LogP contribution in [-0.2, 0) is 11.3 Å². The van der Waals surface area contributed by atoms with Crippen molar-refractivity contribution in [1.82, 2.24) is 15.6 Å². The van der Waals surface area contributed by atoms with Gasteiger partial charge in [-0.05, 0) is 38.4 Å². The Balaban J connectivity index is 1.88. The minimum Gasteiger partial charge on any atom is -0.350 e. The first-order valence-electron chi connectivity index (χ1n) is 6.10. The number of piperidine rings is 1. The fourth-order valence-electron chi connectivity index (χ4n) is 2.14. The van der Waals surface area contributed by atoms with E-state index in [1.807, 2.05) is 25.1 Å². The number of hydrogen-bond acceptors (Lipinski definition) is 3. The molecule has 1 saturated heterocycles. The van der Waals surface area contributed by atoms with Crippen molar-refractivity contribution in [3.8, 4) is 0 Å². The molecule has 2 heterocycles. The van der Waals surface area contributed by atoms with Gasteiger partial charge in [0.05, 0.1) is 17.7 Å². The van der Waals surface area contributed by atoms with E-state index in [0.717, 1.165) is 31.6 Å². The summed E-state index contributed by atoms with van der Waals surface area (Å²) in [5.41, 5.74) is 0.626. The maximum Gasteiger partial charge on any atom is 0.227 e. The summed E-state index contributed by atoms with van der Waals surface area (Å²) < 4.78 is 0. The zero-order valence-electron chi connectivity index (χ0n) is 10.2. The Hall–Kier alpha value is -1.42. The molecule has 0 saturated carbocycles. The first kappa shape index (κ1) is 12.0. The van der Waals surface area contributed by atoms with Crippen molar-refractivity contribution in [3.05, 3.63) is 30.1 Å². The minimum absolute atomic E-state index is 0.121. The van der Waals surface area contributed by atoms with Gasteiger partial charge in [0.25, 0.3) is 0 Å². The van der Waals surface area contributed by atoms with Crippen molar-refractivity contribution in [3.63, 3.8) is 0 Å². The number of amides is 1. The van der Waals surface area contributed by atoms with Crippen LogP contribution in [0.25, 0.3) is 0 Å². The lowest BCUT2D eigenvalue weighted by Gasteiger charge is -2.32. The van der Waals surface area contributed by atoms with Crippen molar-refractivity contribution in [1.29, 1.82) is 0 Å². The summed E-state index contributed by atoms with van der Waals surface area (Å²) in [5.74, 6) is 0.121. The molecule has 1 aromatic rings. The van der Waals surface area contributed by atoms with Crippen LogP contribution >= 0.6 is 0 Å². The SMILES string of the molecule is CC1(C(=O)NCc2ccccn2)CCCNC1. The van der Waals surface area contributed by atoms with Crippen LogP contribution in [0.3, 0.4) is 0 Å². The van der Waals surface area contributed by atoms with Gasteiger partial charge in [0.1, 0.15) is 0 Å². The Morgan fingerprint density at radius 3 is 3.12 bits per heavy atom. The van der Waals surface area contributed by atoms with Crippen molar-refractivity contribution >= 4 is 5.91 Å². The molecule has 1 aliphatic heterocycles. The number of rotatable bonds is 3. The van der Waals surface area contributed by atoms with Crippen molar-refractivity contribution in [2.45, 2.75) is 26.3 Å². The second kappa shape index (κ2) is 5.27. The highest BCUT2D eigenvalue weighted by atomic mass is 16.2. The van der Waals surface area contributed by atoms with Crippen LogP contribution in [0.5, 0.6) is 0 Å². The van der Waals surface area contributed by atoms with Gasteiger partial charge in [0.2, 0.25) is 5.91 Å². The van der Waals surface area contributed by atoms with Gasteiger partial charge in [-0.3, -0.25) is 9.78 Å². The molecule has 1 atom stereocenters. The van der Waals surface area contributed by atoms with Gasteiger partial charge in [-0.25, -0.2) is 0 Å². The Morgan fingerprint density at radius 2 is 2.47 bits per heavy atom. The van der Waals surface area contributed by atoms with Gasteiger partial charge in [0.15, 0.2) is 0 Å². The lowest BCUT2D eigenvalue weighted by molar-refractivity contribution is -0.131. The lowest BCUT2D eigenvalue weighted by atomic mass is 9.82. The second-order valence-corrected chi connectivity index (χ2v) is 4.84. The highest BCUT2D eigenvalue weighted by molar-refractivity contribution is 5.82. The Morgan fingerprint density at radius 1 is 1.59 bits per heavy atom. The van der Waals surface area contributed by atoms with Gasteiger partial charge >= 0.3 is 0 Å². The Bertz CT molecular complexity index is 372. The number of pyridine rings is 1. The van der Waals surface area contributed by atoms with Crippen LogP contribution in [0.15, 0.2) is 24.4 Å². The standard InChI is InChI=1S/C13H19N3O/c1-13(6-4-7-14-10-13)12(17)16-9-11-5-2-3-8-15-11/h2-3,5,8,14H,4,6-7,9-10H2,1H3,(H,16,17). The number of nitrogens with zero attached hydrogens (tertiary/aromatic N) is 1. The van der Waals surface area contributed by atoms with Gasteiger partial charge in [-0.1, -0.05) is 6.07 Å². The molecule has 0 radical (unpaired) electrons. The molecule has 92 valence electrons. The van der Waals surface area contributed by atoms with E-state index in [1.54, 1.807) is 6.20 Å². The fourth-order valence-corrected chi connectivity index (χ4v) is 2.14. The molecular weight excluding hydrogens is 214 g/mol. The molecule has 0 spiro atoms. The molecule has 4 nitrogen and oxygen atoms in total. The molecular formula is C13H19N3O. The van der Waals surface area contributed by atoms with Crippen LogP contribution in [0, 0.1) is 5.41 Å². The van der Waals surface area contributed by atoms with Gasteiger partial charge in [-0.2, -0.15) is 0 Å². The number of nitrogens with one attached hydrogen (secondary N) is 2. The maximum absolute atomic E-state index is 12.1. The van der Waals surface area contributed by atoms with E-state index >= 15 is 0 Å². The molecule has 1 aromatic heterocycles. The molecule has 2 rings (SSSR count). The number of hydrogen-bond donors (Lipinski definition) is 2. The topological polar surface area (TPSA) is 54.0 Å². The molecule has 1 fully saturated rings. The van der Waals surface area contributed by atoms with Crippen LogP contribution < -0.4 is 10.6 Å². The van der Waals surface area contributed by atoms with E-state index in [-0.39, 0.29) is 11.3 Å². The first-order valence-corrected chi connectivity index (χ1v) is 6.10. The van der Waals surface area contributed by atoms with E-state index in [1.165, 1.54) is 0 Å². The summed E-state index contributed by atoms with van der Waals surface area (Å²) in [6, 6.07) is 5.72. The van der Waals surface area contributed by atoms with Crippen molar-refractivity contribution in [2.24, 2.45) is 5.41 Å². The van der Waals surface area contributed by atoms with E-state index in [4.69, 9.17) is 0 Å². The summed E-state index contributed by atoms with van der Waals surface area (Å²) in [5, 5.41) is 6.25. The maximum atomic E-state index is 12.1. The third-order valence-electron chi connectivity index (χ3n) is 3.30. The molecule has 0 bridgehead atoms. The van der Waals surface area contributed by atoms with E-state index in [0.29, 0.717) is 6.54 Å². The monoisotopic (exact) mass is 233 g/mol. The average Bonchev–Trinajstić information content (AvgIpc) is 2.38. The number of carbonyl (C=O) groups is 1. The first-order chi connectivity index (χ1) is 8.21. The summed E-state index contributed by atoms with van der Waals surface area (Å²) in [6.45, 7) is 4.31. The highest BCUT2D eigenvalue weighted by Crippen LogP contribution is 2.25. The molecule has 0 aromatic carbocycles. The van der Waals surface area contributed by atoms with Crippen molar-refractivity contribution in [2.75, 3.05) is 13.1 Å². The normalized spacial score (nSPS) is 24.3. The van der Waals surface area contributed by atoms with Crippen LogP contribution in [-0.4, -0.2) is 24.0 Å². The van der Waals surface area contributed by atoms with Crippen LogP contribution in [0.2, 0.25) is 0 Å². The summed E-state index contributed by atoms with van der Waals surface area (Å²) >= 11 is 0. The third-order valence-corrected chi connectivity index (χ3v) is 3.30. The molecule has 4 heteroatoms. The molecule has 1 aliphatic rings. The van der Waals surface area contributed by atoms with Crippen molar-refractivity contribution < 1.29 is 4.79 Å². The summed E-state index contributed by atoms with van der Waals surface area (Å²) in [7, 11) is 0. The fraction of sp³-hybridized carbons (Fsp3) is 0.538. The second-order valence-electron chi connectivity index (χ2n) is 4.84. The molecule has 1 amide bonds. The predicted molar refractivity (Wildman–Crippen MR) is 66.3 cm³/mol. The largest absolute Gasteiger partial charge is 0.350 e. The average molecular weight is 233 g/mol. The zero-order valence-corrected chi connectivity index (χ0v) is 10.2. The molecule has 1 unspecified atom stereocenters. The quantitative estimate of drug-likeness (QED) is 0.821. The van der Waals surface area contributed by atoms with E-state index < -0.39 is 0 Å². The number of aromatic nitrogens is 1. The molecule has 2 N–H and O–H groups in total. The summed E-state index contributed by atoms with van der Waals surface area (Å²) in [4.78, 5) is 16.3. The molecule has 0 aliphatic carbocycles. The van der Waals surface area contributed by atoms with E-state index in [2.05, 4.69) is 15.6 Å².